The van der Waals surface area contributed by atoms with Crippen LogP contribution in [-0.2, 0) is 11.2 Å². The first-order valence-electron chi connectivity index (χ1n) is 6.86. The van der Waals surface area contributed by atoms with Crippen molar-refractivity contribution >= 4 is 18.3 Å². The van der Waals surface area contributed by atoms with Gasteiger partial charge >= 0.3 is 0 Å². The number of likely N-dealkylation sites (tertiary alicyclic amines) is 1. The smallest absolute Gasteiger partial charge is 0.227 e. The Morgan fingerprint density at radius 1 is 1.50 bits per heavy atom. The lowest BCUT2D eigenvalue weighted by Crippen LogP contribution is -2.43. The number of nitrogens with one attached hydrogen (secondary N) is 1. The minimum absolute atomic E-state index is 0. The second-order valence-electron chi connectivity index (χ2n) is 5.21. The highest BCUT2D eigenvalue weighted by molar-refractivity contribution is 5.85. The van der Waals surface area contributed by atoms with Gasteiger partial charge in [0.1, 0.15) is 5.82 Å². The van der Waals surface area contributed by atoms with E-state index in [-0.39, 0.29) is 24.1 Å². The molecule has 0 radical (unpaired) electrons. The van der Waals surface area contributed by atoms with Crippen molar-refractivity contribution in [3.63, 3.8) is 0 Å². The number of hydrogen-bond acceptors (Lipinski definition) is 2. The van der Waals surface area contributed by atoms with Crippen LogP contribution in [0.2, 0.25) is 0 Å². The summed E-state index contributed by atoms with van der Waals surface area (Å²) in [5.74, 6) is 0.360. The summed E-state index contributed by atoms with van der Waals surface area (Å²) in [5.41, 5.74) is 0.751. The minimum atomic E-state index is -0.281. The third kappa shape index (κ3) is 4.76. The summed E-state index contributed by atoms with van der Waals surface area (Å²) < 4.78 is 13.1. The van der Waals surface area contributed by atoms with Crippen molar-refractivity contribution in [1.82, 2.24) is 10.2 Å². The average Bonchev–Trinajstić information content (AvgIpc) is 2.39. The number of nitrogens with zero attached hydrogens (tertiary/aromatic N) is 1. The Labute approximate surface area is 125 Å². The van der Waals surface area contributed by atoms with E-state index in [4.69, 9.17) is 0 Å². The largest absolute Gasteiger partial charge is 0.342 e. The highest BCUT2D eigenvalue weighted by Crippen LogP contribution is 2.17. The number of halogens is 2. The number of carbonyl (C=O) groups excluding carboxylic acids is 1. The monoisotopic (exact) mass is 300 g/mol. The molecule has 1 atom stereocenters. The first kappa shape index (κ1) is 16.9. The lowest BCUT2D eigenvalue weighted by molar-refractivity contribution is -0.132. The molecule has 0 bridgehead atoms. The second kappa shape index (κ2) is 8.22. The summed E-state index contributed by atoms with van der Waals surface area (Å²) in [6, 6.07) is 6.29. The molecule has 1 fully saturated rings. The van der Waals surface area contributed by atoms with Crippen LogP contribution in [0.25, 0.3) is 0 Å². The maximum absolute atomic E-state index is 13.1. The molecular weight excluding hydrogens is 279 g/mol. The third-order valence-corrected chi connectivity index (χ3v) is 3.61. The molecule has 1 N–H and O–H groups in total. The third-order valence-electron chi connectivity index (χ3n) is 3.61. The molecule has 1 aliphatic rings. The van der Waals surface area contributed by atoms with Gasteiger partial charge in [0.15, 0.2) is 0 Å². The quantitative estimate of drug-likeness (QED) is 0.925. The van der Waals surface area contributed by atoms with E-state index in [1.807, 2.05) is 11.9 Å². The number of benzene rings is 1. The lowest BCUT2D eigenvalue weighted by Gasteiger charge is -2.32. The van der Waals surface area contributed by atoms with Crippen LogP contribution in [0.4, 0.5) is 4.39 Å². The molecule has 20 heavy (non-hydrogen) atoms. The molecular formula is C15H22ClFN2O. The Kier molecular flexibility index (Phi) is 6.96. The Hall–Kier alpha value is -1.13. The van der Waals surface area contributed by atoms with Gasteiger partial charge in [-0.2, -0.15) is 0 Å². The molecule has 1 amide bonds. The molecule has 5 heteroatoms. The zero-order chi connectivity index (χ0) is 13.7. The van der Waals surface area contributed by atoms with Gasteiger partial charge in [0.05, 0.1) is 6.42 Å². The molecule has 1 heterocycles. The van der Waals surface area contributed by atoms with E-state index >= 15 is 0 Å². The molecule has 1 aromatic rings. The molecule has 0 spiro atoms. The SMILES string of the molecule is CNCC1CCCN(C(=O)Cc2cccc(F)c2)C1.Cl. The van der Waals surface area contributed by atoms with Crippen LogP contribution >= 0.6 is 12.4 Å². The predicted molar refractivity (Wildman–Crippen MR) is 80.6 cm³/mol. The van der Waals surface area contributed by atoms with Crippen molar-refractivity contribution in [2.45, 2.75) is 19.3 Å². The van der Waals surface area contributed by atoms with Gasteiger partial charge in [-0.25, -0.2) is 4.39 Å². The van der Waals surface area contributed by atoms with Crippen molar-refractivity contribution in [3.05, 3.63) is 35.6 Å². The summed E-state index contributed by atoms with van der Waals surface area (Å²) >= 11 is 0. The maximum Gasteiger partial charge on any atom is 0.227 e. The van der Waals surface area contributed by atoms with Gasteiger partial charge < -0.3 is 10.2 Å². The number of carbonyl (C=O) groups is 1. The Morgan fingerprint density at radius 3 is 3.00 bits per heavy atom. The first-order chi connectivity index (χ1) is 9.19. The van der Waals surface area contributed by atoms with Gasteiger partial charge in [-0.15, -0.1) is 12.4 Å². The van der Waals surface area contributed by atoms with Crippen LogP contribution in [-0.4, -0.2) is 37.5 Å². The summed E-state index contributed by atoms with van der Waals surface area (Å²) in [7, 11) is 1.94. The van der Waals surface area contributed by atoms with Gasteiger partial charge in [0, 0.05) is 13.1 Å². The molecule has 1 aliphatic heterocycles. The van der Waals surface area contributed by atoms with Crippen LogP contribution < -0.4 is 5.32 Å². The van der Waals surface area contributed by atoms with E-state index in [2.05, 4.69) is 5.32 Å². The highest BCUT2D eigenvalue weighted by Gasteiger charge is 2.23. The molecule has 0 saturated carbocycles. The Balaban J connectivity index is 0.00000200. The first-order valence-corrected chi connectivity index (χ1v) is 6.86. The van der Waals surface area contributed by atoms with E-state index in [1.165, 1.54) is 18.6 Å². The predicted octanol–water partition coefficient (Wildman–Crippen LogP) is 2.25. The fraction of sp³-hybridized carbons (Fsp3) is 0.533. The van der Waals surface area contributed by atoms with Crippen LogP contribution in [0.3, 0.4) is 0 Å². The lowest BCUT2D eigenvalue weighted by atomic mass is 9.97. The van der Waals surface area contributed by atoms with E-state index < -0.39 is 0 Å². The second-order valence-corrected chi connectivity index (χ2v) is 5.21. The fourth-order valence-electron chi connectivity index (χ4n) is 2.68. The molecule has 0 aliphatic carbocycles. The highest BCUT2D eigenvalue weighted by atomic mass is 35.5. The van der Waals surface area contributed by atoms with Crippen molar-refractivity contribution in [1.29, 1.82) is 0 Å². The van der Waals surface area contributed by atoms with Crippen molar-refractivity contribution in [2.24, 2.45) is 5.92 Å². The number of rotatable bonds is 4. The van der Waals surface area contributed by atoms with Gasteiger partial charge in [-0.05, 0) is 50.0 Å². The van der Waals surface area contributed by atoms with Crippen LogP contribution in [0.5, 0.6) is 0 Å². The summed E-state index contributed by atoms with van der Waals surface area (Å²) in [6.07, 6.45) is 2.52. The standard InChI is InChI=1S/C15H21FN2O.ClH/c1-17-10-13-5-3-7-18(11-13)15(19)9-12-4-2-6-14(16)8-12;/h2,4,6,8,13,17H,3,5,7,9-11H2,1H3;1H. The van der Waals surface area contributed by atoms with E-state index in [0.29, 0.717) is 12.3 Å². The van der Waals surface area contributed by atoms with Crippen molar-refractivity contribution in [3.8, 4) is 0 Å². The number of piperidine rings is 1. The van der Waals surface area contributed by atoms with Gasteiger partial charge in [-0.3, -0.25) is 4.79 Å². The summed E-state index contributed by atoms with van der Waals surface area (Å²) in [5, 5.41) is 3.17. The zero-order valence-electron chi connectivity index (χ0n) is 11.8. The topological polar surface area (TPSA) is 32.3 Å². The van der Waals surface area contributed by atoms with Crippen LogP contribution in [0.1, 0.15) is 18.4 Å². The van der Waals surface area contributed by atoms with Gasteiger partial charge in [0.25, 0.3) is 0 Å². The molecule has 3 nitrogen and oxygen atoms in total. The summed E-state index contributed by atoms with van der Waals surface area (Å²) in [6.45, 7) is 2.59. The molecule has 1 saturated heterocycles. The summed E-state index contributed by atoms with van der Waals surface area (Å²) in [4.78, 5) is 14.1. The van der Waals surface area contributed by atoms with Crippen LogP contribution in [0.15, 0.2) is 24.3 Å². The fourth-order valence-corrected chi connectivity index (χ4v) is 2.68. The van der Waals surface area contributed by atoms with E-state index in [0.717, 1.165) is 31.6 Å². The van der Waals surface area contributed by atoms with Gasteiger partial charge in [0.2, 0.25) is 5.91 Å². The van der Waals surface area contributed by atoms with Gasteiger partial charge in [-0.1, -0.05) is 12.1 Å². The minimum Gasteiger partial charge on any atom is -0.342 e. The molecule has 0 aromatic heterocycles. The Bertz CT molecular complexity index is 440. The van der Waals surface area contributed by atoms with Crippen LogP contribution in [0, 0.1) is 11.7 Å². The molecule has 2 rings (SSSR count). The van der Waals surface area contributed by atoms with E-state index in [9.17, 15) is 9.18 Å². The molecule has 112 valence electrons. The molecule has 1 unspecified atom stereocenters. The van der Waals surface area contributed by atoms with Crippen molar-refractivity contribution in [2.75, 3.05) is 26.7 Å². The van der Waals surface area contributed by atoms with E-state index in [1.54, 1.807) is 12.1 Å². The maximum atomic E-state index is 13.1. The molecule has 1 aromatic carbocycles. The normalized spacial score (nSPS) is 18.5. The number of amides is 1. The zero-order valence-corrected chi connectivity index (χ0v) is 12.6. The average molecular weight is 301 g/mol. The van der Waals surface area contributed by atoms with Crippen molar-refractivity contribution < 1.29 is 9.18 Å². The number of hydrogen-bond donors (Lipinski definition) is 1. The Morgan fingerprint density at radius 2 is 2.30 bits per heavy atom.